The number of β-lactam (4-membered cyclic amide) rings is 1. The average Bonchev–Trinajstić information content (AvgIpc) is 3.23. The number of nitrogen functional groups attached to an aromatic ring is 1. The normalized spacial score (nSPS) is 21.4. The highest BCUT2D eigenvalue weighted by atomic mass is 32.2. The largest absolute Gasteiger partial charge is 0.478 e. The molecule has 1 aliphatic heterocycles. The molecule has 0 spiro atoms. The summed E-state index contributed by atoms with van der Waals surface area (Å²) in [6.45, 7) is -0.258. The van der Waals surface area contributed by atoms with Crippen LogP contribution in [0, 0.1) is 0 Å². The van der Waals surface area contributed by atoms with Crippen molar-refractivity contribution in [2.75, 3.05) is 5.73 Å². The van der Waals surface area contributed by atoms with Crippen LogP contribution in [-0.2, 0) is 42.6 Å². The topological polar surface area (TPSA) is 258 Å². The maximum Gasteiger partial charge on any atom is 0.362 e. The van der Waals surface area contributed by atoms with Gasteiger partial charge in [-0.25, -0.2) is 14.1 Å². The predicted molar refractivity (Wildman–Crippen MR) is 116 cm³/mol. The minimum absolute atomic E-state index is 0.0533. The maximum absolute atomic E-state index is 13.0. The lowest BCUT2D eigenvalue weighted by Gasteiger charge is -2.43. The number of aromatic nitrogens is 4. The van der Waals surface area contributed by atoms with E-state index in [4.69, 9.17) is 16.3 Å². The molecule has 2 aromatic heterocycles. The summed E-state index contributed by atoms with van der Waals surface area (Å²) in [5.41, 5.74) is 9.36. The zero-order valence-electron chi connectivity index (χ0n) is 17.6. The number of carbonyl (C=O) groups is 3. The van der Waals surface area contributed by atoms with E-state index in [0.717, 1.165) is 16.1 Å². The van der Waals surface area contributed by atoms with Gasteiger partial charge in [0.1, 0.15) is 17.8 Å². The number of nitrogens with one attached hydrogen (secondary N) is 1. The Morgan fingerprint density at radius 3 is 2.63 bits per heavy atom. The molecule has 4 rings (SSSR count). The summed E-state index contributed by atoms with van der Waals surface area (Å²) in [5.74, 6) is -3.41. The summed E-state index contributed by atoms with van der Waals surface area (Å²) >= 11 is 0.971. The van der Waals surface area contributed by atoms with Crippen molar-refractivity contribution in [3.63, 3.8) is 0 Å². The third-order valence-corrected chi connectivity index (χ3v) is 6.85. The van der Waals surface area contributed by atoms with Crippen LogP contribution < -0.4 is 16.8 Å². The fourth-order valence-corrected chi connectivity index (χ4v) is 4.64. The fourth-order valence-electron chi connectivity index (χ4n) is 3.22. The van der Waals surface area contributed by atoms with Gasteiger partial charge in [0, 0.05) is 24.8 Å². The van der Waals surface area contributed by atoms with Crippen molar-refractivity contribution in [2.45, 2.75) is 43.6 Å². The zero-order valence-corrected chi connectivity index (χ0v) is 19.3. The van der Waals surface area contributed by atoms with Crippen LogP contribution in [0.15, 0.2) is 16.7 Å². The number of nitrogens with two attached hydrogens (primary N) is 2. The van der Waals surface area contributed by atoms with Crippen molar-refractivity contribution >= 4 is 50.3 Å². The van der Waals surface area contributed by atoms with Gasteiger partial charge in [0.15, 0.2) is 10.8 Å². The summed E-state index contributed by atoms with van der Waals surface area (Å²) in [5, 5.41) is 24.6. The van der Waals surface area contributed by atoms with Gasteiger partial charge >= 0.3 is 16.3 Å². The summed E-state index contributed by atoms with van der Waals surface area (Å²) in [4.78, 5) is 47.0. The Morgan fingerprint density at radius 1 is 1.40 bits per heavy atom. The van der Waals surface area contributed by atoms with E-state index in [1.165, 1.54) is 11.6 Å². The molecular formula is C16H19N9O8S2. The summed E-state index contributed by atoms with van der Waals surface area (Å²) in [7, 11) is -4.96. The molecule has 2 fully saturated rings. The van der Waals surface area contributed by atoms with Crippen LogP contribution in [-0.4, -0.2) is 83.5 Å². The van der Waals surface area contributed by atoms with Gasteiger partial charge in [0.05, 0.1) is 18.4 Å². The van der Waals surface area contributed by atoms with Gasteiger partial charge in [0.25, 0.3) is 11.8 Å². The lowest BCUT2D eigenvalue weighted by Crippen LogP contribution is -2.73. The molecule has 0 radical (unpaired) electrons. The lowest BCUT2D eigenvalue weighted by atomic mass is 9.98. The van der Waals surface area contributed by atoms with Crippen LogP contribution in [0.5, 0.6) is 0 Å². The molecule has 2 aliphatic rings. The Labute approximate surface area is 200 Å². The van der Waals surface area contributed by atoms with E-state index in [1.54, 1.807) is 0 Å². The summed E-state index contributed by atoms with van der Waals surface area (Å²) in [6.07, 6.45) is 1.68. The second-order valence-corrected chi connectivity index (χ2v) is 9.81. The molecular weight excluding hydrogens is 510 g/mol. The van der Waals surface area contributed by atoms with Crippen LogP contribution in [0.2, 0.25) is 0 Å². The average molecular weight is 530 g/mol. The SMILES string of the molecule is NCc1cnn(C[C@H]2[C@H](NC(=O)C(=NOC3(C(=O)O)CC3)c3csc(N)n3)C(=O)N2S(=O)(=O)O)n1. The van der Waals surface area contributed by atoms with E-state index < -0.39 is 51.5 Å². The monoisotopic (exact) mass is 529 g/mol. The van der Waals surface area contributed by atoms with Crippen molar-refractivity contribution in [3.8, 4) is 0 Å². The highest BCUT2D eigenvalue weighted by molar-refractivity contribution is 7.84. The lowest BCUT2D eigenvalue weighted by molar-refractivity contribution is -0.153. The molecule has 19 heteroatoms. The number of carbonyl (C=O) groups excluding carboxylic acids is 2. The molecule has 2 amide bonds. The van der Waals surface area contributed by atoms with E-state index in [-0.39, 0.29) is 41.1 Å². The number of carboxylic acids is 1. The number of hydrogen-bond acceptors (Lipinski definition) is 13. The molecule has 2 aromatic rings. The summed E-state index contributed by atoms with van der Waals surface area (Å²) < 4.78 is 33.1. The molecule has 1 saturated heterocycles. The van der Waals surface area contributed by atoms with E-state index in [2.05, 4.69) is 25.7 Å². The number of anilines is 1. The van der Waals surface area contributed by atoms with Crippen LogP contribution in [0.4, 0.5) is 5.13 Å². The Hall–Kier alpha value is -3.68. The summed E-state index contributed by atoms with van der Waals surface area (Å²) in [6, 6.07) is -2.73. The Morgan fingerprint density at radius 2 is 2.11 bits per heavy atom. The van der Waals surface area contributed by atoms with E-state index in [9.17, 15) is 32.5 Å². The number of carboxylic acid groups (broad SMARTS) is 1. The number of nitrogens with zero attached hydrogens (tertiary/aromatic N) is 6. The predicted octanol–water partition coefficient (Wildman–Crippen LogP) is -2.69. The van der Waals surface area contributed by atoms with Crippen LogP contribution in [0.1, 0.15) is 24.2 Å². The second kappa shape index (κ2) is 8.83. The molecule has 7 N–H and O–H groups in total. The maximum atomic E-state index is 13.0. The van der Waals surface area contributed by atoms with Gasteiger partial charge in [-0.15, -0.1) is 11.3 Å². The molecule has 0 bridgehead atoms. The van der Waals surface area contributed by atoms with Gasteiger partial charge in [-0.05, 0) is 0 Å². The van der Waals surface area contributed by atoms with Gasteiger partial charge in [-0.3, -0.25) is 14.1 Å². The molecule has 188 valence electrons. The first kappa shape index (κ1) is 24.4. The minimum atomic E-state index is -4.96. The number of oxime groups is 1. The number of thiazole rings is 1. The van der Waals surface area contributed by atoms with Crippen LogP contribution in [0.3, 0.4) is 0 Å². The molecule has 0 aromatic carbocycles. The van der Waals surface area contributed by atoms with Crippen molar-refractivity contribution < 1.29 is 37.3 Å². The molecule has 17 nitrogen and oxygen atoms in total. The van der Waals surface area contributed by atoms with E-state index in [0.29, 0.717) is 5.69 Å². The fraction of sp³-hybridized carbons (Fsp3) is 0.438. The van der Waals surface area contributed by atoms with Crippen LogP contribution >= 0.6 is 11.3 Å². The Kier molecular flexibility index (Phi) is 6.17. The first-order valence-corrected chi connectivity index (χ1v) is 12.1. The van der Waals surface area contributed by atoms with Gasteiger partial charge < -0.3 is 26.7 Å². The van der Waals surface area contributed by atoms with Crippen molar-refractivity contribution in [1.82, 2.24) is 29.6 Å². The smallest absolute Gasteiger partial charge is 0.362 e. The third-order valence-electron chi connectivity index (χ3n) is 5.23. The molecule has 35 heavy (non-hydrogen) atoms. The van der Waals surface area contributed by atoms with Gasteiger partial charge in [-0.2, -0.15) is 23.4 Å². The molecule has 2 atom stereocenters. The zero-order chi connectivity index (χ0) is 25.5. The number of rotatable bonds is 10. The van der Waals surface area contributed by atoms with E-state index in [1.807, 2.05) is 0 Å². The van der Waals surface area contributed by atoms with Crippen molar-refractivity contribution in [3.05, 3.63) is 23.0 Å². The Bertz CT molecular complexity index is 1320. The Balaban J connectivity index is 1.58. The quantitative estimate of drug-likeness (QED) is 0.0910. The number of hydrogen-bond donors (Lipinski definition) is 5. The van der Waals surface area contributed by atoms with Crippen molar-refractivity contribution in [1.29, 1.82) is 0 Å². The van der Waals surface area contributed by atoms with Gasteiger partial charge in [0.2, 0.25) is 5.60 Å². The van der Waals surface area contributed by atoms with Crippen LogP contribution in [0.25, 0.3) is 0 Å². The first-order chi connectivity index (χ1) is 16.4. The number of aliphatic carboxylic acids is 1. The molecule has 3 heterocycles. The standard InChI is InChI=1S/C16H19N9O8S2/c17-3-7-4-19-24(22-7)5-9-11(13(27)25(9)35(30,31)32)21-12(26)10(8-6-34-15(18)20-8)23-33-16(1-2-16)14(28)29/h4,6,9,11H,1-3,5,17H2,(H2,18,20)(H,21,26)(H,28,29)(H,30,31,32)/t9-,11-/m0/s1. The third kappa shape index (κ3) is 4.78. The molecule has 1 saturated carbocycles. The van der Waals surface area contributed by atoms with E-state index >= 15 is 0 Å². The molecule has 0 unspecified atom stereocenters. The highest BCUT2D eigenvalue weighted by Crippen LogP contribution is 2.40. The van der Waals surface area contributed by atoms with Gasteiger partial charge in [-0.1, -0.05) is 5.16 Å². The first-order valence-electron chi connectivity index (χ1n) is 9.87. The second-order valence-electron chi connectivity index (χ2n) is 7.63. The molecule has 1 aliphatic carbocycles. The minimum Gasteiger partial charge on any atom is -0.478 e. The van der Waals surface area contributed by atoms with Crippen molar-refractivity contribution in [2.24, 2.45) is 10.9 Å². The highest BCUT2D eigenvalue weighted by Gasteiger charge is 2.56. The number of amides is 2.